The Morgan fingerprint density at radius 1 is 1.50 bits per heavy atom. The third-order valence-electron chi connectivity index (χ3n) is 2.42. The zero-order valence-corrected chi connectivity index (χ0v) is 9.35. The molecule has 0 bridgehead atoms. The summed E-state index contributed by atoms with van der Waals surface area (Å²) in [5.41, 5.74) is 0. The van der Waals surface area contributed by atoms with Crippen molar-refractivity contribution in [1.29, 1.82) is 0 Å². The van der Waals surface area contributed by atoms with Gasteiger partial charge in [0.15, 0.2) is 0 Å². The Labute approximate surface area is 83.4 Å². The van der Waals surface area contributed by atoms with Crippen LogP contribution < -0.4 is 0 Å². The molecule has 0 aromatic rings. The third-order valence-corrected chi connectivity index (χ3v) is 2.98. The zero-order valence-electron chi connectivity index (χ0n) is 7.76. The smallest absolute Gasteiger partial charge is 0.0622 e. The Morgan fingerprint density at radius 3 is 2.92 bits per heavy atom. The van der Waals surface area contributed by atoms with Gasteiger partial charge in [-0.1, -0.05) is 15.9 Å². The number of alkyl halides is 1. The van der Waals surface area contributed by atoms with Crippen LogP contribution in [0, 0.1) is 0 Å². The highest BCUT2D eigenvalue weighted by molar-refractivity contribution is 9.09. The van der Waals surface area contributed by atoms with Crippen LogP contribution in [0.25, 0.3) is 0 Å². The van der Waals surface area contributed by atoms with Crippen molar-refractivity contribution in [2.45, 2.75) is 25.3 Å². The summed E-state index contributed by atoms with van der Waals surface area (Å²) in [5, 5.41) is 1.13. The van der Waals surface area contributed by atoms with Crippen LogP contribution in [-0.2, 0) is 4.74 Å². The molecule has 1 atom stereocenters. The summed E-state index contributed by atoms with van der Waals surface area (Å²) in [6.07, 6.45) is 3.78. The average molecular weight is 236 g/mol. The highest BCUT2D eigenvalue weighted by Gasteiger charge is 2.19. The number of nitrogens with zero attached hydrogens (tertiary/aromatic N) is 1. The average Bonchev–Trinajstić information content (AvgIpc) is 2.56. The Balaban J connectivity index is 2.05. The van der Waals surface area contributed by atoms with Crippen LogP contribution in [0.15, 0.2) is 0 Å². The molecule has 1 aliphatic heterocycles. The van der Waals surface area contributed by atoms with E-state index in [9.17, 15) is 0 Å². The van der Waals surface area contributed by atoms with Crippen LogP contribution in [0.2, 0.25) is 0 Å². The van der Waals surface area contributed by atoms with Gasteiger partial charge in [0.05, 0.1) is 6.61 Å². The summed E-state index contributed by atoms with van der Waals surface area (Å²) in [6, 6.07) is 0.681. The standard InChI is InChI=1S/C9H18BrNO/c1-11(6-3-2-5-10)9-4-7-12-8-9/h9H,2-8H2,1H3. The number of halogens is 1. The molecule has 72 valence electrons. The molecule has 1 saturated heterocycles. The van der Waals surface area contributed by atoms with E-state index >= 15 is 0 Å². The van der Waals surface area contributed by atoms with Gasteiger partial charge in [-0.05, 0) is 32.9 Å². The number of likely N-dealkylation sites (N-methyl/N-ethyl adjacent to an activating group) is 1. The summed E-state index contributed by atoms with van der Waals surface area (Å²) < 4.78 is 5.33. The highest BCUT2D eigenvalue weighted by atomic mass is 79.9. The number of rotatable bonds is 5. The van der Waals surface area contributed by atoms with Crippen molar-refractivity contribution in [3.63, 3.8) is 0 Å². The van der Waals surface area contributed by atoms with E-state index in [0.29, 0.717) is 6.04 Å². The number of hydrogen-bond donors (Lipinski definition) is 0. The minimum atomic E-state index is 0.681. The fourth-order valence-corrected chi connectivity index (χ4v) is 1.90. The van der Waals surface area contributed by atoms with Gasteiger partial charge in [-0.25, -0.2) is 0 Å². The molecule has 0 aromatic heterocycles. The van der Waals surface area contributed by atoms with Crippen LogP contribution in [0.3, 0.4) is 0 Å². The lowest BCUT2D eigenvalue weighted by Gasteiger charge is -2.22. The molecule has 2 nitrogen and oxygen atoms in total. The van der Waals surface area contributed by atoms with Gasteiger partial charge in [-0.3, -0.25) is 0 Å². The molecule has 0 N–H and O–H groups in total. The largest absolute Gasteiger partial charge is 0.380 e. The molecule has 0 radical (unpaired) electrons. The van der Waals surface area contributed by atoms with E-state index in [0.717, 1.165) is 18.5 Å². The van der Waals surface area contributed by atoms with E-state index in [1.54, 1.807) is 0 Å². The van der Waals surface area contributed by atoms with Gasteiger partial charge < -0.3 is 9.64 Å². The Bertz CT molecular complexity index is 115. The quantitative estimate of drug-likeness (QED) is 0.533. The zero-order chi connectivity index (χ0) is 8.81. The molecule has 12 heavy (non-hydrogen) atoms. The maximum Gasteiger partial charge on any atom is 0.0622 e. The second kappa shape index (κ2) is 5.95. The fraction of sp³-hybridized carbons (Fsp3) is 1.00. The Morgan fingerprint density at radius 2 is 2.33 bits per heavy atom. The summed E-state index contributed by atoms with van der Waals surface area (Å²) in [7, 11) is 2.20. The second-order valence-corrected chi connectivity index (χ2v) is 4.19. The molecule has 0 aliphatic carbocycles. The molecule has 0 spiro atoms. The van der Waals surface area contributed by atoms with Gasteiger partial charge in [-0.2, -0.15) is 0 Å². The fourth-order valence-electron chi connectivity index (χ4n) is 1.51. The van der Waals surface area contributed by atoms with Crippen molar-refractivity contribution >= 4 is 15.9 Å². The molecular formula is C9H18BrNO. The summed E-state index contributed by atoms with van der Waals surface area (Å²) in [6.45, 7) is 3.10. The van der Waals surface area contributed by atoms with E-state index in [4.69, 9.17) is 4.74 Å². The monoisotopic (exact) mass is 235 g/mol. The molecule has 0 amide bonds. The predicted molar refractivity (Wildman–Crippen MR) is 54.9 cm³/mol. The molecule has 1 heterocycles. The lowest BCUT2D eigenvalue weighted by Crippen LogP contribution is -2.32. The van der Waals surface area contributed by atoms with Crippen molar-refractivity contribution in [2.75, 3.05) is 32.1 Å². The lowest BCUT2D eigenvalue weighted by atomic mass is 10.2. The van der Waals surface area contributed by atoms with Gasteiger partial charge in [0.25, 0.3) is 0 Å². The normalized spacial score (nSPS) is 23.8. The molecule has 1 fully saturated rings. The second-order valence-electron chi connectivity index (χ2n) is 3.39. The van der Waals surface area contributed by atoms with Crippen LogP contribution in [0.5, 0.6) is 0 Å². The first-order chi connectivity index (χ1) is 5.84. The minimum absolute atomic E-state index is 0.681. The number of unbranched alkanes of at least 4 members (excludes halogenated alkanes) is 1. The maximum atomic E-state index is 5.33. The van der Waals surface area contributed by atoms with Crippen molar-refractivity contribution in [3.05, 3.63) is 0 Å². The van der Waals surface area contributed by atoms with Crippen molar-refractivity contribution in [2.24, 2.45) is 0 Å². The summed E-state index contributed by atoms with van der Waals surface area (Å²) in [4.78, 5) is 2.43. The Hall–Kier alpha value is 0.400. The lowest BCUT2D eigenvalue weighted by molar-refractivity contribution is 0.158. The van der Waals surface area contributed by atoms with Gasteiger partial charge in [0.1, 0.15) is 0 Å². The Kier molecular flexibility index (Phi) is 5.19. The van der Waals surface area contributed by atoms with Gasteiger partial charge in [-0.15, -0.1) is 0 Å². The molecule has 1 rings (SSSR count). The van der Waals surface area contributed by atoms with E-state index in [1.165, 1.54) is 25.8 Å². The van der Waals surface area contributed by atoms with Crippen LogP contribution in [0.1, 0.15) is 19.3 Å². The molecule has 0 aromatic carbocycles. The molecule has 1 aliphatic rings. The molecule has 1 unspecified atom stereocenters. The van der Waals surface area contributed by atoms with Gasteiger partial charge in [0, 0.05) is 18.0 Å². The summed E-state index contributed by atoms with van der Waals surface area (Å²) >= 11 is 3.44. The van der Waals surface area contributed by atoms with E-state index < -0.39 is 0 Å². The number of ether oxygens (including phenoxy) is 1. The van der Waals surface area contributed by atoms with E-state index in [2.05, 4.69) is 27.9 Å². The first-order valence-electron chi connectivity index (χ1n) is 4.68. The summed E-state index contributed by atoms with van der Waals surface area (Å²) in [5.74, 6) is 0. The van der Waals surface area contributed by atoms with Crippen LogP contribution in [0.4, 0.5) is 0 Å². The number of hydrogen-bond acceptors (Lipinski definition) is 2. The third kappa shape index (κ3) is 3.42. The van der Waals surface area contributed by atoms with Gasteiger partial charge >= 0.3 is 0 Å². The topological polar surface area (TPSA) is 12.5 Å². The SMILES string of the molecule is CN(CCCCBr)C1CCOC1. The van der Waals surface area contributed by atoms with E-state index in [-0.39, 0.29) is 0 Å². The van der Waals surface area contributed by atoms with Crippen molar-refractivity contribution in [1.82, 2.24) is 4.90 Å². The van der Waals surface area contributed by atoms with Gasteiger partial charge in [0.2, 0.25) is 0 Å². The van der Waals surface area contributed by atoms with Crippen LogP contribution >= 0.6 is 15.9 Å². The highest BCUT2D eigenvalue weighted by Crippen LogP contribution is 2.11. The van der Waals surface area contributed by atoms with Crippen molar-refractivity contribution in [3.8, 4) is 0 Å². The van der Waals surface area contributed by atoms with E-state index in [1.807, 2.05) is 0 Å². The molecule has 3 heteroatoms. The minimum Gasteiger partial charge on any atom is -0.380 e. The molecular weight excluding hydrogens is 218 g/mol. The van der Waals surface area contributed by atoms with Crippen LogP contribution in [-0.4, -0.2) is 43.1 Å². The molecule has 0 saturated carbocycles. The van der Waals surface area contributed by atoms with Crippen molar-refractivity contribution < 1.29 is 4.74 Å². The predicted octanol–water partition coefficient (Wildman–Crippen LogP) is 1.88. The maximum absolute atomic E-state index is 5.33. The first-order valence-corrected chi connectivity index (χ1v) is 5.80. The first kappa shape index (κ1) is 10.5.